The first-order valence-corrected chi connectivity index (χ1v) is 10.6. The number of fused-ring (bicyclic) bond motifs is 1. The first-order valence-electron chi connectivity index (χ1n) is 10.6. The van der Waals surface area contributed by atoms with E-state index in [1.165, 1.54) is 24.3 Å². The summed E-state index contributed by atoms with van der Waals surface area (Å²) in [5.41, 5.74) is -1.26. The van der Waals surface area contributed by atoms with Crippen molar-refractivity contribution >= 4 is 11.0 Å². The van der Waals surface area contributed by atoms with Crippen molar-refractivity contribution in [1.82, 2.24) is 0 Å². The molecule has 0 saturated carbocycles. The van der Waals surface area contributed by atoms with Crippen LogP contribution in [0.1, 0.15) is 43.9 Å². The fourth-order valence-corrected chi connectivity index (χ4v) is 4.63. The van der Waals surface area contributed by atoms with Gasteiger partial charge in [0.2, 0.25) is 11.2 Å². The molecule has 3 aromatic rings. The molecule has 1 saturated heterocycles. The molecule has 1 aliphatic rings. The minimum atomic E-state index is -4.88. The van der Waals surface area contributed by atoms with Crippen LogP contribution in [0.15, 0.2) is 51.7 Å². The second-order valence-electron chi connectivity index (χ2n) is 8.10. The summed E-state index contributed by atoms with van der Waals surface area (Å²) in [6, 6.07) is 10.6. The highest BCUT2D eigenvalue weighted by atomic mass is 19.4. The summed E-state index contributed by atoms with van der Waals surface area (Å²) in [4.78, 5) is 14.4. The van der Waals surface area contributed by atoms with Crippen LogP contribution in [0.3, 0.4) is 0 Å². The minimum absolute atomic E-state index is 0.00547. The minimum Gasteiger partial charge on any atom is -0.872 e. The lowest BCUT2D eigenvalue weighted by Gasteiger charge is -2.33. The predicted molar refractivity (Wildman–Crippen MR) is 110 cm³/mol. The fourth-order valence-electron chi connectivity index (χ4n) is 4.63. The standard InChI is InChI=1S/C24H24F3NO3/c1-2-16-10-6-7-13-28(16)14-18-19(29)12-11-17-21(30)20(15-8-4-3-5-9-15)23(24(25,26)27)31-22(17)18/h3-5,8-9,11-12,16,29H,2,6-7,10,13-14H2,1H3. The highest BCUT2D eigenvalue weighted by Gasteiger charge is 2.40. The molecule has 1 N–H and O–H groups in total. The summed E-state index contributed by atoms with van der Waals surface area (Å²) in [5.74, 6) is -1.76. The average Bonchev–Trinajstić information content (AvgIpc) is 2.75. The Bertz CT molecular complexity index is 1140. The van der Waals surface area contributed by atoms with Gasteiger partial charge in [0, 0.05) is 5.56 Å². The number of alkyl halides is 3. The van der Waals surface area contributed by atoms with Crippen molar-refractivity contribution in [3.05, 3.63) is 64.0 Å². The zero-order valence-corrected chi connectivity index (χ0v) is 17.2. The van der Waals surface area contributed by atoms with Gasteiger partial charge < -0.3 is 14.4 Å². The number of halogens is 3. The number of hydrogen-bond donors (Lipinski definition) is 1. The molecule has 2 unspecified atom stereocenters. The number of nitrogens with one attached hydrogen (secondary N) is 1. The fraction of sp³-hybridized carbons (Fsp3) is 0.375. The van der Waals surface area contributed by atoms with E-state index in [4.69, 9.17) is 4.42 Å². The zero-order valence-electron chi connectivity index (χ0n) is 17.2. The van der Waals surface area contributed by atoms with Crippen LogP contribution >= 0.6 is 0 Å². The third-order valence-electron chi connectivity index (χ3n) is 6.21. The molecule has 0 bridgehead atoms. The molecule has 2 aromatic carbocycles. The Labute approximate surface area is 177 Å². The monoisotopic (exact) mass is 431 g/mol. The first-order chi connectivity index (χ1) is 14.8. The van der Waals surface area contributed by atoms with Crippen molar-refractivity contribution in [2.24, 2.45) is 0 Å². The Morgan fingerprint density at radius 1 is 1.13 bits per heavy atom. The Kier molecular flexibility index (Phi) is 5.79. The van der Waals surface area contributed by atoms with Gasteiger partial charge in [0.05, 0.1) is 23.5 Å². The SMILES string of the molecule is CCC1CCCC[NH+]1Cc1c([O-])ccc2c(=O)c(-c3ccccc3)c(C(F)(F)F)oc12. The van der Waals surface area contributed by atoms with Gasteiger partial charge in [-0.15, -0.1) is 0 Å². The number of benzene rings is 2. The van der Waals surface area contributed by atoms with Crippen LogP contribution in [-0.2, 0) is 12.7 Å². The molecular formula is C24H24F3NO3. The quantitative estimate of drug-likeness (QED) is 0.682. The van der Waals surface area contributed by atoms with E-state index >= 15 is 0 Å². The van der Waals surface area contributed by atoms with Crippen molar-refractivity contribution in [1.29, 1.82) is 0 Å². The van der Waals surface area contributed by atoms with E-state index in [0.29, 0.717) is 6.04 Å². The topological polar surface area (TPSA) is 57.7 Å². The molecule has 1 fully saturated rings. The lowest BCUT2D eigenvalue weighted by Crippen LogP contribution is -3.15. The van der Waals surface area contributed by atoms with E-state index in [2.05, 4.69) is 6.92 Å². The molecule has 31 heavy (non-hydrogen) atoms. The second-order valence-corrected chi connectivity index (χ2v) is 8.10. The molecule has 0 aliphatic carbocycles. The lowest BCUT2D eigenvalue weighted by atomic mass is 9.97. The van der Waals surface area contributed by atoms with Gasteiger partial charge in [-0.1, -0.05) is 49.1 Å². The Balaban J connectivity index is 1.94. The summed E-state index contributed by atoms with van der Waals surface area (Å²) in [5, 5.41) is 12.7. The Morgan fingerprint density at radius 2 is 1.87 bits per heavy atom. The van der Waals surface area contributed by atoms with Crippen LogP contribution in [0.5, 0.6) is 5.75 Å². The van der Waals surface area contributed by atoms with Crippen molar-refractivity contribution in [2.45, 2.75) is 51.4 Å². The van der Waals surface area contributed by atoms with Crippen molar-refractivity contribution < 1.29 is 27.6 Å². The molecule has 0 radical (unpaired) electrons. The molecule has 164 valence electrons. The van der Waals surface area contributed by atoms with Gasteiger partial charge in [-0.05, 0) is 37.3 Å². The smallest absolute Gasteiger partial charge is 0.450 e. The van der Waals surface area contributed by atoms with Crippen molar-refractivity contribution in [3.63, 3.8) is 0 Å². The maximum Gasteiger partial charge on any atom is 0.450 e. The maximum absolute atomic E-state index is 13.9. The predicted octanol–water partition coefficient (Wildman–Crippen LogP) is 3.90. The number of hydrogen-bond acceptors (Lipinski definition) is 3. The van der Waals surface area contributed by atoms with Gasteiger partial charge in [-0.2, -0.15) is 13.2 Å². The molecule has 2 heterocycles. The van der Waals surface area contributed by atoms with Gasteiger partial charge in [-0.25, -0.2) is 0 Å². The molecule has 0 amide bonds. The summed E-state index contributed by atoms with van der Waals surface area (Å²) in [6.45, 7) is 3.16. The summed E-state index contributed by atoms with van der Waals surface area (Å²) >= 11 is 0. The summed E-state index contributed by atoms with van der Waals surface area (Å²) in [6.07, 6.45) is -0.834. The van der Waals surface area contributed by atoms with Crippen LogP contribution in [-0.4, -0.2) is 12.6 Å². The number of piperidine rings is 1. The lowest BCUT2D eigenvalue weighted by molar-refractivity contribution is -0.944. The highest BCUT2D eigenvalue weighted by molar-refractivity contribution is 5.86. The zero-order chi connectivity index (χ0) is 22.2. The van der Waals surface area contributed by atoms with E-state index in [-0.39, 0.29) is 28.6 Å². The molecule has 4 nitrogen and oxygen atoms in total. The molecule has 1 aliphatic heterocycles. The molecule has 2 atom stereocenters. The van der Waals surface area contributed by atoms with Crippen LogP contribution in [0.4, 0.5) is 13.2 Å². The molecule has 0 spiro atoms. The highest BCUT2D eigenvalue weighted by Crippen LogP contribution is 2.38. The van der Waals surface area contributed by atoms with E-state index in [9.17, 15) is 23.1 Å². The third-order valence-corrected chi connectivity index (χ3v) is 6.21. The van der Waals surface area contributed by atoms with Gasteiger partial charge in [0.25, 0.3) is 0 Å². The van der Waals surface area contributed by atoms with Gasteiger partial charge in [0.1, 0.15) is 12.1 Å². The van der Waals surface area contributed by atoms with Crippen molar-refractivity contribution in [3.8, 4) is 16.9 Å². The number of quaternary nitrogens is 1. The third kappa shape index (κ3) is 4.06. The largest absolute Gasteiger partial charge is 0.872 e. The Hall–Kier alpha value is -2.80. The van der Waals surface area contributed by atoms with Crippen LogP contribution in [0, 0.1) is 0 Å². The van der Waals surface area contributed by atoms with Crippen LogP contribution in [0.25, 0.3) is 22.1 Å². The van der Waals surface area contributed by atoms with Crippen LogP contribution < -0.4 is 15.4 Å². The summed E-state index contributed by atoms with van der Waals surface area (Å²) < 4.78 is 47.2. The van der Waals surface area contributed by atoms with E-state index < -0.39 is 28.7 Å². The van der Waals surface area contributed by atoms with Gasteiger partial charge >= 0.3 is 6.18 Å². The second kappa shape index (κ2) is 8.38. The van der Waals surface area contributed by atoms with E-state index in [1.54, 1.807) is 18.2 Å². The molecule has 7 heteroatoms. The number of rotatable bonds is 4. The van der Waals surface area contributed by atoms with Gasteiger partial charge in [0.15, 0.2) is 0 Å². The normalized spacial score (nSPS) is 19.6. The van der Waals surface area contributed by atoms with Gasteiger partial charge in [-0.3, -0.25) is 4.79 Å². The Morgan fingerprint density at radius 3 is 2.55 bits per heavy atom. The van der Waals surface area contributed by atoms with Crippen molar-refractivity contribution in [2.75, 3.05) is 6.54 Å². The summed E-state index contributed by atoms with van der Waals surface area (Å²) in [7, 11) is 0. The molecule has 4 rings (SSSR count). The first kappa shape index (κ1) is 21.4. The van der Waals surface area contributed by atoms with Crippen LogP contribution in [0.2, 0.25) is 0 Å². The van der Waals surface area contributed by atoms with E-state index in [0.717, 1.165) is 37.1 Å². The number of likely N-dealkylation sites (tertiary alicyclic amines) is 1. The van der Waals surface area contributed by atoms with E-state index in [1.807, 2.05) is 0 Å². The molecule has 1 aromatic heterocycles. The average molecular weight is 431 g/mol. The molecular weight excluding hydrogens is 407 g/mol. The maximum atomic E-state index is 13.9.